The second-order valence-corrected chi connectivity index (χ2v) is 9.54. The van der Waals surface area contributed by atoms with E-state index in [1.807, 2.05) is 24.3 Å². The summed E-state index contributed by atoms with van der Waals surface area (Å²) >= 11 is 1.14. The zero-order chi connectivity index (χ0) is 26.0. The molecule has 3 N–H and O–H groups in total. The van der Waals surface area contributed by atoms with Crippen molar-refractivity contribution in [1.29, 1.82) is 0 Å². The number of fused-ring (bicyclic) bond motifs is 1. The average molecular weight is 530 g/mol. The normalized spacial score (nSPS) is 12.2. The lowest BCUT2D eigenvalue weighted by molar-refractivity contribution is -0.140. The number of carbonyl (C=O) groups excluding carboxylic acids is 1. The number of carboxylic acid groups (broad SMARTS) is 1. The summed E-state index contributed by atoms with van der Waals surface area (Å²) in [6.45, 7) is 3.45. The van der Waals surface area contributed by atoms with Crippen molar-refractivity contribution in [1.82, 2.24) is 10.3 Å². The fraction of sp³-hybridized carbons (Fsp3) is 0.222. The number of aromatic nitrogens is 1. The van der Waals surface area contributed by atoms with Crippen LogP contribution < -0.4 is 10.6 Å². The molecule has 1 heterocycles. The number of carboxylic acids is 1. The van der Waals surface area contributed by atoms with Crippen LogP contribution in [0.5, 0.6) is 0 Å². The van der Waals surface area contributed by atoms with E-state index in [2.05, 4.69) is 15.6 Å². The Morgan fingerprint density at radius 1 is 0.946 bits per heavy atom. The van der Waals surface area contributed by atoms with Gasteiger partial charge < -0.3 is 15.7 Å². The standard InChI is InChI=1S/C26H22F3N3O3S.CH4/c1-14(2)22(24(34)35)32-23(33)17-5-3-15(4-6-17)16-7-10-19(11-8-16)30-25-31-20-12-9-18(26(27,28)29)13-21(20)36-25;/h3-14,22H,1-2H3,(H,30,31)(H,32,33)(H,34,35);1H4/t22-;/m0./s1. The first-order chi connectivity index (χ1) is 17.0. The molecule has 0 aliphatic carbocycles. The minimum Gasteiger partial charge on any atom is -0.480 e. The van der Waals surface area contributed by atoms with Crippen LogP contribution in [0.3, 0.4) is 0 Å². The number of nitrogens with one attached hydrogen (secondary N) is 2. The van der Waals surface area contributed by atoms with Gasteiger partial charge in [-0.05, 0) is 59.5 Å². The molecule has 0 fully saturated rings. The third kappa shape index (κ3) is 6.45. The number of hydrogen-bond donors (Lipinski definition) is 3. The molecule has 0 bridgehead atoms. The second kappa shape index (κ2) is 11.0. The number of amides is 1. The van der Waals surface area contributed by atoms with Crippen LogP contribution in [0.1, 0.15) is 37.2 Å². The predicted molar refractivity (Wildman–Crippen MR) is 140 cm³/mol. The van der Waals surface area contributed by atoms with E-state index in [0.29, 0.717) is 20.9 Å². The summed E-state index contributed by atoms with van der Waals surface area (Å²) in [6, 6.07) is 16.7. The second-order valence-electron chi connectivity index (χ2n) is 8.51. The molecule has 4 aromatic rings. The molecule has 0 saturated carbocycles. The quantitative estimate of drug-likeness (QED) is 0.235. The fourth-order valence-electron chi connectivity index (χ4n) is 3.58. The van der Waals surface area contributed by atoms with Crippen molar-refractivity contribution in [2.45, 2.75) is 33.5 Å². The van der Waals surface area contributed by atoms with Gasteiger partial charge in [0.2, 0.25) is 0 Å². The number of carbonyl (C=O) groups is 2. The predicted octanol–water partition coefficient (Wildman–Crippen LogP) is 7.20. The van der Waals surface area contributed by atoms with Crippen molar-refractivity contribution in [2.75, 3.05) is 5.32 Å². The number of thiazole rings is 1. The molecule has 0 radical (unpaired) electrons. The minimum absolute atomic E-state index is 0. The molecule has 0 unspecified atom stereocenters. The number of halogens is 3. The first-order valence-electron chi connectivity index (χ1n) is 11.0. The first kappa shape index (κ1) is 27.7. The van der Waals surface area contributed by atoms with Crippen molar-refractivity contribution >= 4 is 44.2 Å². The van der Waals surface area contributed by atoms with Gasteiger partial charge in [0.05, 0.1) is 15.8 Å². The summed E-state index contributed by atoms with van der Waals surface area (Å²) < 4.78 is 39.3. The van der Waals surface area contributed by atoms with E-state index in [0.717, 1.165) is 40.3 Å². The van der Waals surface area contributed by atoms with E-state index >= 15 is 0 Å². The number of aliphatic carboxylic acids is 1. The number of rotatable bonds is 7. The van der Waals surface area contributed by atoms with E-state index in [1.54, 1.807) is 38.1 Å². The van der Waals surface area contributed by atoms with Crippen LogP contribution in [0.2, 0.25) is 0 Å². The molecule has 1 amide bonds. The van der Waals surface area contributed by atoms with Gasteiger partial charge in [-0.2, -0.15) is 13.2 Å². The number of alkyl halides is 3. The minimum atomic E-state index is -4.40. The molecule has 0 aliphatic rings. The van der Waals surface area contributed by atoms with Crippen LogP contribution in [0.25, 0.3) is 21.3 Å². The average Bonchev–Trinajstić information content (AvgIpc) is 3.23. The van der Waals surface area contributed by atoms with Crippen molar-refractivity contribution in [3.8, 4) is 11.1 Å². The Morgan fingerprint density at radius 2 is 1.54 bits per heavy atom. The van der Waals surface area contributed by atoms with Gasteiger partial charge in [0.1, 0.15) is 6.04 Å². The van der Waals surface area contributed by atoms with Crippen LogP contribution in [0, 0.1) is 5.92 Å². The van der Waals surface area contributed by atoms with Gasteiger partial charge in [-0.15, -0.1) is 0 Å². The largest absolute Gasteiger partial charge is 0.480 e. The Kier molecular flexibility index (Phi) is 8.22. The first-order valence-corrected chi connectivity index (χ1v) is 11.8. The monoisotopic (exact) mass is 529 g/mol. The lowest BCUT2D eigenvalue weighted by Gasteiger charge is -2.18. The van der Waals surface area contributed by atoms with Crippen LogP contribution in [-0.4, -0.2) is 28.0 Å². The van der Waals surface area contributed by atoms with Gasteiger partial charge in [0.15, 0.2) is 5.13 Å². The highest BCUT2D eigenvalue weighted by molar-refractivity contribution is 7.22. The van der Waals surface area contributed by atoms with Gasteiger partial charge >= 0.3 is 12.1 Å². The number of hydrogen-bond acceptors (Lipinski definition) is 5. The van der Waals surface area contributed by atoms with Crippen LogP contribution in [0.4, 0.5) is 24.0 Å². The third-order valence-electron chi connectivity index (χ3n) is 5.55. The Morgan fingerprint density at radius 3 is 2.08 bits per heavy atom. The van der Waals surface area contributed by atoms with Crippen molar-refractivity contribution in [2.24, 2.45) is 5.92 Å². The maximum Gasteiger partial charge on any atom is 0.416 e. The summed E-state index contributed by atoms with van der Waals surface area (Å²) in [5.74, 6) is -1.79. The molecular formula is C27H26F3N3O3S. The molecule has 0 spiro atoms. The lowest BCUT2D eigenvalue weighted by atomic mass is 10.0. The van der Waals surface area contributed by atoms with Crippen LogP contribution in [0.15, 0.2) is 66.7 Å². The Bertz CT molecular complexity index is 1400. The van der Waals surface area contributed by atoms with Gasteiger partial charge in [-0.25, -0.2) is 9.78 Å². The Balaban J connectivity index is 0.00000380. The molecule has 10 heteroatoms. The Labute approximate surface area is 216 Å². The van der Waals surface area contributed by atoms with Gasteiger partial charge in [0.25, 0.3) is 5.91 Å². The number of anilines is 2. The molecule has 4 rings (SSSR count). The van der Waals surface area contributed by atoms with E-state index in [9.17, 15) is 27.9 Å². The molecule has 0 saturated heterocycles. The summed E-state index contributed by atoms with van der Waals surface area (Å²) in [5, 5.41) is 15.4. The molecule has 0 aliphatic heterocycles. The highest BCUT2D eigenvalue weighted by Gasteiger charge is 2.30. The number of benzene rings is 3. The molecule has 6 nitrogen and oxygen atoms in total. The van der Waals surface area contributed by atoms with Gasteiger partial charge in [-0.1, -0.05) is 56.9 Å². The smallest absolute Gasteiger partial charge is 0.416 e. The van der Waals surface area contributed by atoms with E-state index < -0.39 is 29.7 Å². The molecule has 1 aromatic heterocycles. The maximum atomic E-state index is 12.9. The molecule has 37 heavy (non-hydrogen) atoms. The number of nitrogens with zero attached hydrogens (tertiary/aromatic N) is 1. The van der Waals surface area contributed by atoms with Crippen molar-refractivity contribution in [3.05, 3.63) is 77.9 Å². The lowest BCUT2D eigenvalue weighted by Crippen LogP contribution is -2.44. The van der Waals surface area contributed by atoms with E-state index in [4.69, 9.17) is 0 Å². The summed E-state index contributed by atoms with van der Waals surface area (Å²) in [7, 11) is 0. The summed E-state index contributed by atoms with van der Waals surface area (Å²) in [4.78, 5) is 28.1. The SMILES string of the molecule is C.CC(C)[C@H](NC(=O)c1ccc(-c2ccc(Nc3nc4ccc(C(F)(F)F)cc4s3)cc2)cc1)C(=O)O. The summed E-state index contributed by atoms with van der Waals surface area (Å²) in [6.07, 6.45) is -4.40. The zero-order valence-electron chi connectivity index (χ0n) is 19.3. The molecule has 3 aromatic carbocycles. The van der Waals surface area contributed by atoms with Crippen molar-refractivity contribution in [3.63, 3.8) is 0 Å². The van der Waals surface area contributed by atoms with E-state index in [1.165, 1.54) is 6.07 Å². The fourth-order valence-corrected chi connectivity index (χ4v) is 4.50. The van der Waals surface area contributed by atoms with Crippen LogP contribution in [-0.2, 0) is 11.0 Å². The third-order valence-corrected chi connectivity index (χ3v) is 6.49. The van der Waals surface area contributed by atoms with Crippen LogP contribution >= 0.6 is 11.3 Å². The van der Waals surface area contributed by atoms with Gasteiger partial charge in [0, 0.05) is 11.3 Å². The zero-order valence-corrected chi connectivity index (χ0v) is 20.1. The highest BCUT2D eigenvalue weighted by Crippen LogP contribution is 2.35. The van der Waals surface area contributed by atoms with Crippen molar-refractivity contribution < 1.29 is 27.9 Å². The highest BCUT2D eigenvalue weighted by atomic mass is 32.1. The summed E-state index contributed by atoms with van der Waals surface area (Å²) in [5.41, 5.74) is 2.60. The Hall–Kier alpha value is -3.92. The molecule has 194 valence electrons. The van der Waals surface area contributed by atoms with E-state index in [-0.39, 0.29) is 13.3 Å². The topological polar surface area (TPSA) is 91.3 Å². The maximum absolute atomic E-state index is 12.9. The van der Waals surface area contributed by atoms with Gasteiger partial charge in [-0.3, -0.25) is 4.79 Å². The molecular weight excluding hydrogens is 503 g/mol. The molecule has 1 atom stereocenters.